The Labute approximate surface area is 127 Å². The van der Waals surface area contributed by atoms with Crippen molar-refractivity contribution in [3.05, 3.63) is 15.6 Å². The SMILES string of the molecule is CCCc1nc(CN2CCN(CC)CC2)sc1C(C)N. The first kappa shape index (κ1) is 15.9. The molecule has 1 saturated heterocycles. The van der Waals surface area contributed by atoms with Crippen LogP contribution in [-0.4, -0.2) is 47.5 Å². The Bertz CT molecular complexity index is 408. The molecule has 1 atom stereocenters. The summed E-state index contributed by atoms with van der Waals surface area (Å²) in [4.78, 5) is 11.2. The lowest BCUT2D eigenvalue weighted by molar-refractivity contribution is 0.132. The van der Waals surface area contributed by atoms with E-state index in [0.717, 1.165) is 32.5 Å². The fourth-order valence-corrected chi connectivity index (χ4v) is 3.82. The van der Waals surface area contributed by atoms with Crippen molar-refractivity contribution < 1.29 is 0 Å². The van der Waals surface area contributed by atoms with Crippen LogP contribution in [0.1, 0.15) is 48.8 Å². The van der Waals surface area contributed by atoms with Gasteiger partial charge in [0.1, 0.15) is 5.01 Å². The van der Waals surface area contributed by atoms with Crippen molar-refractivity contribution in [2.24, 2.45) is 5.73 Å². The minimum atomic E-state index is 0.111. The van der Waals surface area contributed by atoms with Gasteiger partial charge < -0.3 is 10.6 Å². The molecule has 4 nitrogen and oxygen atoms in total. The van der Waals surface area contributed by atoms with Crippen molar-refractivity contribution in [3.8, 4) is 0 Å². The van der Waals surface area contributed by atoms with Gasteiger partial charge in [-0.2, -0.15) is 0 Å². The predicted octanol–water partition coefficient (Wildman–Crippen LogP) is 2.25. The van der Waals surface area contributed by atoms with Gasteiger partial charge >= 0.3 is 0 Å². The molecule has 0 amide bonds. The van der Waals surface area contributed by atoms with Crippen LogP contribution in [0.25, 0.3) is 0 Å². The number of piperazine rings is 1. The molecule has 2 rings (SSSR count). The van der Waals surface area contributed by atoms with Gasteiger partial charge in [0.15, 0.2) is 0 Å². The fraction of sp³-hybridized carbons (Fsp3) is 0.800. The van der Waals surface area contributed by atoms with Crippen LogP contribution in [0, 0.1) is 0 Å². The first-order valence-electron chi connectivity index (χ1n) is 7.82. The highest BCUT2D eigenvalue weighted by Crippen LogP contribution is 2.26. The lowest BCUT2D eigenvalue weighted by atomic mass is 10.2. The van der Waals surface area contributed by atoms with E-state index in [1.807, 2.05) is 11.3 Å². The third kappa shape index (κ3) is 4.01. The molecule has 1 fully saturated rings. The van der Waals surface area contributed by atoms with Gasteiger partial charge in [-0.25, -0.2) is 4.98 Å². The van der Waals surface area contributed by atoms with Gasteiger partial charge in [0.05, 0.1) is 12.2 Å². The molecule has 0 aliphatic carbocycles. The van der Waals surface area contributed by atoms with Crippen molar-refractivity contribution in [2.45, 2.75) is 46.2 Å². The van der Waals surface area contributed by atoms with Crippen LogP contribution in [0.15, 0.2) is 0 Å². The summed E-state index contributed by atoms with van der Waals surface area (Å²) in [5.41, 5.74) is 7.31. The summed E-state index contributed by atoms with van der Waals surface area (Å²) in [5, 5.41) is 1.24. The highest BCUT2D eigenvalue weighted by Gasteiger charge is 2.19. The van der Waals surface area contributed by atoms with Crippen molar-refractivity contribution in [2.75, 3.05) is 32.7 Å². The molecule has 20 heavy (non-hydrogen) atoms. The first-order chi connectivity index (χ1) is 9.63. The van der Waals surface area contributed by atoms with Crippen LogP contribution >= 0.6 is 11.3 Å². The van der Waals surface area contributed by atoms with Crippen LogP contribution in [-0.2, 0) is 13.0 Å². The van der Waals surface area contributed by atoms with Crippen LogP contribution in [0.3, 0.4) is 0 Å². The zero-order chi connectivity index (χ0) is 14.5. The summed E-state index contributed by atoms with van der Waals surface area (Å²) in [6.45, 7) is 13.3. The molecule has 2 N–H and O–H groups in total. The maximum atomic E-state index is 6.08. The van der Waals surface area contributed by atoms with Gasteiger partial charge in [0.25, 0.3) is 0 Å². The second kappa shape index (κ2) is 7.50. The Morgan fingerprint density at radius 1 is 1.20 bits per heavy atom. The number of aryl methyl sites for hydroxylation is 1. The van der Waals surface area contributed by atoms with Gasteiger partial charge in [-0.05, 0) is 19.9 Å². The van der Waals surface area contributed by atoms with E-state index in [-0.39, 0.29) is 6.04 Å². The molecule has 1 unspecified atom stereocenters. The Morgan fingerprint density at radius 2 is 1.85 bits per heavy atom. The lowest BCUT2D eigenvalue weighted by Gasteiger charge is -2.33. The van der Waals surface area contributed by atoms with E-state index < -0.39 is 0 Å². The molecule has 0 spiro atoms. The Balaban J connectivity index is 1.97. The van der Waals surface area contributed by atoms with E-state index in [0.29, 0.717) is 0 Å². The zero-order valence-corrected chi connectivity index (χ0v) is 13.9. The maximum absolute atomic E-state index is 6.08. The number of rotatable bonds is 6. The minimum Gasteiger partial charge on any atom is -0.323 e. The quantitative estimate of drug-likeness (QED) is 0.874. The number of nitrogens with two attached hydrogens (primary N) is 1. The third-order valence-corrected chi connectivity index (χ3v) is 5.23. The van der Waals surface area contributed by atoms with Crippen molar-refractivity contribution >= 4 is 11.3 Å². The Kier molecular flexibility index (Phi) is 5.96. The highest BCUT2D eigenvalue weighted by atomic mass is 32.1. The summed E-state index contributed by atoms with van der Waals surface area (Å²) in [5.74, 6) is 0. The standard InChI is InChI=1S/C15H28N4S/c1-4-6-13-15(12(3)16)20-14(17-13)11-19-9-7-18(5-2)8-10-19/h12H,4-11,16H2,1-3H3. The van der Waals surface area contributed by atoms with Crippen molar-refractivity contribution in [3.63, 3.8) is 0 Å². The monoisotopic (exact) mass is 296 g/mol. The molecule has 0 radical (unpaired) electrons. The highest BCUT2D eigenvalue weighted by molar-refractivity contribution is 7.11. The molecule has 0 saturated carbocycles. The van der Waals surface area contributed by atoms with E-state index in [1.165, 1.54) is 35.2 Å². The summed E-state index contributed by atoms with van der Waals surface area (Å²) in [6, 6.07) is 0.111. The fourth-order valence-electron chi connectivity index (χ4n) is 2.71. The average Bonchev–Trinajstić information content (AvgIpc) is 2.83. The van der Waals surface area contributed by atoms with Crippen LogP contribution < -0.4 is 5.73 Å². The molecule has 1 aliphatic rings. The largest absolute Gasteiger partial charge is 0.323 e. The van der Waals surface area contributed by atoms with E-state index in [9.17, 15) is 0 Å². The number of likely N-dealkylation sites (N-methyl/N-ethyl adjacent to an activating group) is 1. The van der Waals surface area contributed by atoms with Gasteiger partial charge in [0, 0.05) is 37.1 Å². The number of aromatic nitrogens is 1. The molecule has 0 bridgehead atoms. The van der Waals surface area contributed by atoms with Gasteiger partial charge in [0.2, 0.25) is 0 Å². The number of hydrogen-bond acceptors (Lipinski definition) is 5. The molecular formula is C15H28N4S. The summed E-state index contributed by atoms with van der Waals surface area (Å²) >= 11 is 1.82. The van der Waals surface area contributed by atoms with Gasteiger partial charge in [-0.15, -0.1) is 11.3 Å². The normalized spacial score (nSPS) is 19.4. The van der Waals surface area contributed by atoms with E-state index >= 15 is 0 Å². The third-order valence-electron chi connectivity index (χ3n) is 3.94. The number of hydrogen-bond donors (Lipinski definition) is 1. The number of thiazole rings is 1. The van der Waals surface area contributed by atoms with E-state index in [2.05, 4.69) is 30.6 Å². The van der Waals surface area contributed by atoms with Gasteiger partial charge in [-0.1, -0.05) is 20.3 Å². The minimum absolute atomic E-state index is 0.111. The Hall–Kier alpha value is -0.490. The van der Waals surface area contributed by atoms with Gasteiger partial charge in [-0.3, -0.25) is 4.90 Å². The Morgan fingerprint density at radius 3 is 2.40 bits per heavy atom. The molecular weight excluding hydrogens is 268 g/mol. The lowest BCUT2D eigenvalue weighted by Crippen LogP contribution is -2.45. The molecule has 5 heteroatoms. The second-order valence-corrected chi connectivity index (χ2v) is 6.78. The van der Waals surface area contributed by atoms with Crippen LogP contribution in [0.2, 0.25) is 0 Å². The van der Waals surface area contributed by atoms with Crippen molar-refractivity contribution in [1.29, 1.82) is 0 Å². The topological polar surface area (TPSA) is 45.4 Å². The van der Waals surface area contributed by atoms with Crippen LogP contribution in [0.4, 0.5) is 0 Å². The van der Waals surface area contributed by atoms with Crippen molar-refractivity contribution in [1.82, 2.24) is 14.8 Å². The maximum Gasteiger partial charge on any atom is 0.107 e. The molecule has 0 aromatic carbocycles. The first-order valence-corrected chi connectivity index (χ1v) is 8.64. The molecule has 1 aromatic heterocycles. The summed E-state index contributed by atoms with van der Waals surface area (Å²) < 4.78 is 0. The number of nitrogens with zero attached hydrogens (tertiary/aromatic N) is 3. The predicted molar refractivity (Wildman–Crippen MR) is 86.1 cm³/mol. The average molecular weight is 296 g/mol. The summed E-state index contributed by atoms with van der Waals surface area (Å²) in [7, 11) is 0. The molecule has 1 aromatic rings. The molecule has 2 heterocycles. The zero-order valence-electron chi connectivity index (χ0n) is 13.1. The molecule has 114 valence electrons. The van der Waals surface area contributed by atoms with Crippen LogP contribution in [0.5, 0.6) is 0 Å². The second-order valence-electron chi connectivity index (χ2n) is 5.67. The molecule has 1 aliphatic heterocycles. The smallest absolute Gasteiger partial charge is 0.107 e. The van der Waals surface area contributed by atoms with E-state index in [1.54, 1.807) is 0 Å². The van der Waals surface area contributed by atoms with E-state index in [4.69, 9.17) is 10.7 Å². The summed E-state index contributed by atoms with van der Waals surface area (Å²) in [6.07, 6.45) is 2.19.